The summed E-state index contributed by atoms with van der Waals surface area (Å²) in [6.45, 7) is 4.70. The van der Waals surface area contributed by atoms with Crippen LogP contribution in [-0.2, 0) is 23.8 Å². The van der Waals surface area contributed by atoms with E-state index in [9.17, 15) is 19.2 Å². The molecule has 5 atom stereocenters. The normalized spacial score (nSPS) is 18.3. The molecule has 0 radical (unpaired) electrons. The lowest BCUT2D eigenvalue weighted by Gasteiger charge is -2.29. The van der Waals surface area contributed by atoms with Crippen molar-refractivity contribution in [3.05, 3.63) is 121 Å². The van der Waals surface area contributed by atoms with E-state index in [-0.39, 0.29) is 35.9 Å². The second-order valence-corrected chi connectivity index (χ2v) is 16.3. The van der Waals surface area contributed by atoms with Crippen molar-refractivity contribution >= 4 is 34.8 Å². The van der Waals surface area contributed by atoms with Crippen LogP contribution in [0.3, 0.4) is 0 Å². The Morgan fingerprint density at radius 1 is 0.683 bits per heavy atom. The van der Waals surface area contributed by atoms with Gasteiger partial charge in [-0.3, -0.25) is 9.59 Å². The third-order valence-corrected chi connectivity index (χ3v) is 12.1. The number of nitrogens with zero attached hydrogens (tertiary/aromatic N) is 4. The fraction of sp³-hybridized carbons (Fsp3) is 0.333. The average Bonchev–Trinajstić information content (AvgIpc) is 4.16. The number of methoxy groups -OCH3 is 3. The first-order valence-electron chi connectivity index (χ1n) is 21.2. The molecule has 2 fully saturated rings. The van der Waals surface area contributed by atoms with E-state index in [0.29, 0.717) is 36.7 Å². The van der Waals surface area contributed by atoms with Crippen molar-refractivity contribution < 1.29 is 33.4 Å². The molecule has 4 heterocycles. The van der Waals surface area contributed by atoms with E-state index in [1.165, 1.54) is 14.2 Å². The number of aromatic amines is 2. The number of fused-ring (bicyclic) bond motifs is 1. The fourth-order valence-corrected chi connectivity index (χ4v) is 8.68. The third-order valence-electron chi connectivity index (χ3n) is 12.1. The molecule has 2 aliphatic rings. The highest BCUT2D eigenvalue weighted by molar-refractivity contribution is 5.91. The Labute approximate surface area is 365 Å². The summed E-state index contributed by atoms with van der Waals surface area (Å²) in [5.41, 5.74) is 6.41. The van der Waals surface area contributed by atoms with E-state index >= 15 is 0 Å². The van der Waals surface area contributed by atoms with Crippen LogP contribution in [0.1, 0.15) is 68.4 Å². The van der Waals surface area contributed by atoms with Crippen LogP contribution in [0.2, 0.25) is 0 Å². The molecule has 15 heteroatoms. The number of nitrogens with one attached hydrogen (secondary N) is 4. The third kappa shape index (κ3) is 9.00. The van der Waals surface area contributed by atoms with Gasteiger partial charge in [0.25, 0.3) is 5.91 Å². The van der Waals surface area contributed by atoms with Crippen molar-refractivity contribution in [3.63, 3.8) is 0 Å². The van der Waals surface area contributed by atoms with Gasteiger partial charge in [0, 0.05) is 32.2 Å². The zero-order valence-corrected chi connectivity index (χ0v) is 36.0. The minimum absolute atomic E-state index is 0.157. The van der Waals surface area contributed by atoms with Gasteiger partial charge in [-0.25, -0.2) is 19.6 Å². The van der Waals surface area contributed by atoms with Crippen LogP contribution in [0.5, 0.6) is 0 Å². The molecule has 6 aromatic rings. The van der Waals surface area contributed by atoms with Gasteiger partial charge in [-0.05, 0) is 63.9 Å². The number of ether oxygens (including phenoxy) is 3. The van der Waals surface area contributed by atoms with Crippen molar-refractivity contribution in [2.75, 3.05) is 34.4 Å². The zero-order chi connectivity index (χ0) is 44.2. The van der Waals surface area contributed by atoms with E-state index in [4.69, 9.17) is 24.2 Å². The van der Waals surface area contributed by atoms with Crippen molar-refractivity contribution in [2.24, 2.45) is 5.92 Å². The molecule has 4 aromatic carbocycles. The molecule has 2 aromatic heterocycles. The molecule has 2 aliphatic heterocycles. The van der Waals surface area contributed by atoms with E-state index in [1.54, 1.807) is 23.1 Å². The second-order valence-electron chi connectivity index (χ2n) is 16.3. The molecule has 326 valence electrons. The van der Waals surface area contributed by atoms with Gasteiger partial charge in [-0.1, -0.05) is 92.7 Å². The Hall–Kier alpha value is -7.00. The largest absolute Gasteiger partial charge is 0.453 e. The van der Waals surface area contributed by atoms with Crippen LogP contribution in [0.4, 0.5) is 9.59 Å². The Balaban J connectivity index is 0.953. The number of rotatable bonds is 12. The summed E-state index contributed by atoms with van der Waals surface area (Å²) >= 11 is 0. The van der Waals surface area contributed by atoms with Gasteiger partial charge in [0.05, 0.1) is 56.2 Å². The molecule has 4 N–H and O–H groups in total. The quantitative estimate of drug-likeness (QED) is 0.0958. The predicted molar refractivity (Wildman–Crippen MR) is 237 cm³/mol. The predicted octanol–water partition coefficient (Wildman–Crippen LogP) is 7.72. The summed E-state index contributed by atoms with van der Waals surface area (Å²) < 4.78 is 15.3. The molecule has 0 spiro atoms. The van der Waals surface area contributed by atoms with Crippen LogP contribution >= 0.6 is 0 Å². The highest BCUT2D eigenvalue weighted by Gasteiger charge is 2.42. The highest BCUT2D eigenvalue weighted by atomic mass is 16.5. The molecule has 0 saturated carbocycles. The molecular formula is C48H52N8O7. The number of benzene rings is 4. The van der Waals surface area contributed by atoms with Gasteiger partial charge in [0.1, 0.15) is 23.7 Å². The maximum atomic E-state index is 14.0. The first-order chi connectivity index (χ1) is 30.5. The van der Waals surface area contributed by atoms with Gasteiger partial charge >= 0.3 is 12.2 Å². The molecule has 15 nitrogen and oxygen atoms in total. The van der Waals surface area contributed by atoms with Gasteiger partial charge in [0.15, 0.2) is 0 Å². The Morgan fingerprint density at radius 3 is 1.92 bits per heavy atom. The SMILES string of the molecule is COC(=O)N[C@H](C(=O)N1C[C@@H](OC)C[C@H]1c1ncc(-c2ccc(-c3ccc4cc(-c5cnc([C@@H]6CCCN6C(=O)[C@H](NC(=O)OC)c6ccccc6)[nH]5)ccc4c3)cc2)[nH]1)C(C)C. The van der Waals surface area contributed by atoms with Crippen LogP contribution in [-0.4, -0.2) is 100 Å². The number of imidazole rings is 2. The smallest absolute Gasteiger partial charge is 0.407 e. The van der Waals surface area contributed by atoms with Gasteiger partial charge in [-0.15, -0.1) is 0 Å². The molecule has 2 saturated heterocycles. The zero-order valence-electron chi connectivity index (χ0n) is 36.0. The Morgan fingerprint density at radius 2 is 1.27 bits per heavy atom. The number of alkyl carbamates (subject to hydrolysis) is 2. The Bertz CT molecular complexity index is 2590. The lowest BCUT2D eigenvalue weighted by Crippen LogP contribution is -2.51. The van der Waals surface area contributed by atoms with E-state index < -0.39 is 24.3 Å². The van der Waals surface area contributed by atoms with Crippen LogP contribution in [0.15, 0.2) is 103 Å². The van der Waals surface area contributed by atoms with E-state index in [2.05, 4.69) is 81.3 Å². The maximum absolute atomic E-state index is 14.0. The number of H-pyrrole nitrogens is 2. The minimum Gasteiger partial charge on any atom is -0.453 e. The summed E-state index contributed by atoms with van der Waals surface area (Å²) in [4.78, 5) is 72.0. The monoisotopic (exact) mass is 852 g/mol. The molecule has 0 unspecified atom stereocenters. The maximum Gasteiger partial charge on any atom is 0.407 e. The molecule has 0 aliphatic carbocycles. The van der Waals surface area contributed by atoms with Crippen molar-refractivity contribution in [1.29, 1.82) is 0 Å². The van der Waals surface area contributed by atoms with Crippen molar-refractivity contribution in [2.45, 2.75) is 63.4 Å². The first-order valence-corrected chi connectivity index (χ1v) is 21.2. The number of amides is 4. The summed E-state index contributed by atoms with van der Waals surface area (Å²) in [7, 11) is 4.19. The topological polar surface area (TPSA) is 184 Å². The summed E-state index contributed by atoms with van der Waals surface area (Å²) in [5.74, 6) is 0.770. The lowest BCUT2D eigenvalue weighted by atomic mass is 9.98. The fourth-order valence-electron chi connectivity index (χ4n) is 8.68. The summed E-state index contributed by atoms with van der Waals surface area (Å²) in [6, 6.07) is 27.9. The number of carbonyl (C=O) groups is 4. The van der Waals surface area contributed by atoms with Crippen molar-refractivity contribution in [1.82, 2.24) is 40.4 Å². The second kappa shape index (κ2) is 18.5. The van der Waals surface area contributed by atoms with Crippen LogP contribution in [0, 0.1) is 5.92 Å². The van der Waals surface area contributed by atoms with Crippen LogP contribution in [0.25, 0.3) is 44.4 Å². The number of carbonyl (C=O) groups excluding carboxylic acids is 4. The molecule has 0 bridgehead atoms. The van der Waals surface area contributed by atoms with Gasteiger partial charge in [0.2, 0.25) is 5.91 Å². The average molecular weight is 853 g/mol. The molecule has 8 rings (SSSR count). The number of aromatic nitrogens is 4. The first kappa shape index (κ1) is 42.7. The van der Waals surface area contributed by atoms with Gasteiger partial charge < -0.3 is 44.6 Å². The van der Waals surface area contributed by atoms with Gasteiger partial charge in [-0.2, -0.15) is 0 Å². The number of hydrogen-bond donors (Lipinski definition) is 4. The van der Waals surface area contributed by atoms with Crippen LogP contribution < -0.4 is 10.6 Å². The lowest BCUT2D eigenvalue weighted by molar-refractivity contribution is -0.136. The standard InChI is InChI=1S/C48H52N8O7/c1-28(2)41(53-47(59)62-4)45(57)56-27-36(61-3)24-40(56)44-50-25-37(51-44)30-15-13-29(14-16-30)32-17-18-34-23-35(20-19-33(34)22-32)38-26-49-43(52-38)39-12-9-21-55(39)46(58)42(54-48(60)63-5)31-10-7-6-8-11-31/h6-8,10-11,13-20,22-23,25-26,28,36,39-42H,9,12,21,24,27H2,1-5H3,(H,49,52)(H,50,51)(H,53,59)(H,54,60)/t36-,39-,40-,41-,42+/m0/s1. The number of hydrogen-bond acceptors (Lipinski definition) is 9. The molecule has 4 amide bonds. The summed E-state index contributed by atoms with van der Waals surface area (Å²) in [5, 5.41) is 7.57. The van der Waals surface area contributed by atoms with Crippen molar-refractivity contribution in [3.8, 4) is 33.6 Å². The molecular weight excluding hydrogens is 801 g/mol. The van der Waals surface area contributed by atoms with E-state index in [1.807, 2.05) is 50.4 Å². The number of likely N-dealkylation sites (tertiary alicyclic amines) is 2. The van der Waals surface area contributed by atoms with E-state index in [0.717, 1.165) is 57.3 Å². The minimum atomic E-state index is -0.886. The molecule has 63 heavy (non-hydrogen) atoms. The summed E-state index contributed by atoms with van der Waals surface area (Å²) in [6.07, 6.45) is 4.23. The highest BCUT2D eigenvalue weighted by Crippen LogP contribution is 2.37. The Kier molecular flexibility index (Phi) is 12.6.